The summed E-state index contributed by atoms with van der Waals surface area (Å²) in [7, 11) is 0. The molecule has 0 aliphatic carbocycles. The molecule has 1 aliphatic rings. The molecule has 2 unspecified atom stereocenters. The number of hydrogen-bond acceptors (Lipinski definition) is 4. The molecule has 0 spiro atoms. The fourth-order valence-corrected chi connectivity index (χ4v) is 4.40. The maximum Gasteiger partial charge on any atom is 0.251 e. The van der Waals surface area contributed by atoms with Crippen LogP contribution in [0.4, 0.5) is 4.39 Å². The van der Waals surface area contributed by atoms with Gasteiger partial charge in [0.05, 0.1) is 11.7 Å². The van der Waals surface area contributed by atoms with Crippen LogP contribution in [-0.4, -0.2) is 32.3 Å². The van der Waals surface area contributed by atoms with Gasteiger partial charge in [-0.1, -0.05) is 28.1 Å². The lowest BCUT2D eigenvalue weighted by atomic mass is 10.0. The van der Waals surface area contributed by atoms with E-state index in [0.717, 1.165) is 15.7 Å². The molecule has 0 radical (unpaired) electrons. The summed E-state index contributed by atoms with van der Waals surface area (Å²) in [5.41, 5.74) is 3.72. The minimum Gasteiger partial charge on any atom is -0.508 e. The smallest absolute Gasteiger partial charge is 0.251 e. The number of nitrogens with zero attached hydrogens (tertiary/aromatic N) is 3. The lowest BCUT2D eigenvalue weighted by molar-refractivity contribution is -0.130. The van der Waals surface area contributed by atoms with Gasteiger partial charge in [0.1, 0.15) is 23.9 Å². The lowest BCUT2D eigenvalue weighted by Crippen LogP contribution is -2.31. The number of rotatable bonds is 5. The number of aromatic hydroxyl groups is 1. The Morgan fingerprint density at radius 2 is 1.74 bits per heavy atom. The number of hydrogen-bond donors (Lipinski definition) is 1. The van der Waals surface area contributed by atoms with Crippen LogP contribution in [0.15, 0.2) is 83.5 Å². The van der Waals surface area contributed by atoms with Crippen LogP contribution in [0.5, 0.6) is 5.75 Å². The van der Waals surface area contributed by atoms with Crippen molar-refractivity contribution in [2.75, 3.05) is 6.61 Å². The number of ether oxygens (including phenoxy) is 1. The van der Waals surface area contributed by atoms with E-state index in [1.807, 2.05) is 37.4 Å². The molecule has 6 nitrogen and oxygen atoms in total. The Balaban J connectivity index is 1.60. The van der Waals surface area contributed by atoms with Crippen molar-refractivity contribution in [2.24, 2.45) is 0 Å². The third-order valence-electron chi connectivity index (χ3n) is 5.92. The maximum absolute atomic E-state index is 13.6. The van der Waals surface area contributed by atoms with Crippen molar-refractivity contribution in [3.63, 3.8) is 0 Å². The molecule has 1 aliphatic heterocycles. The second-order valence-electron chi connectivity index (χ2n) is 8.09. The fraction of sp³-hybridized carbons (Fsp3) is 0.154. The summed E-state index contributed by atoms with van der Waals surface area (Å²) in [6.07, 6.45) is 1.17. The maximum atomic E-state index is 13.6. The summed E-state index contributed by atoms with van der Waals surface area (Å²) in [5, 5.41) is 14.4. The molecule has 1 N–H and O–H groups in total. The van der Waals surface area contributed by atoms with Gasteiger partial charge in [-0.2, -0.15) is 5.10 Å². The normalized spacial score (nSPS) is 16.7. The Morgan fingerprint density at radius 1 is 1.06 bits per heavy atom. The third kappa shape index (κ3) is 4.22. The first-order valence-corrected chi connectivity index (χ1v) is 11.5. The molecule has 1 fully saturated rings. The predicted octanol–water partition coefficient (Wildman–Crippen LogP) is 5.77. The average Bonchev–Trinajstić information content (AvgIpc) is 3.44. The Morgan fingerprint density at radius 3 is 2.41 bits per heavy atom. The van der Waals surface area contributed by atoms with Gasteiger partial charge in [0.15, 0.2) is 6.23 Å². The van der Waals surface area contributed by atoms with Crippen molar-refractivity contribution < 1.29 is 19.0 Å². The number of carbonyl (C=O) groups excluding carboxylic acids is 1. The van der Waals surface area contributed by atoms with Gasteiger partial charge in [0, 0.05) is 21.8 Å². The first-order valence-electron chi connectivity index (χ1n) is 10.7. The van der Waals surface area contributed by atoms with Gasteiger partial charge in [-0.15, -0.1) is 0 Å². The third-order valence-corrected chi connectivity index (χ3v) is 6.44. The molecule has 1 aromatic heterocycles. The van der Waals surface area contributed by atoms with Crippen LogP contribution in [0.25, 0.3) is 16.9 Å². The molecule has 34 heavy (non-hydrogen) atoms. The van der Waals surface area contributed by atoms with Gasteiger partial charge in [-0.25, -0.2) is 9.07 Å². The van der Waals surface area contributed by atoms with Crippen molar-refractivity contribution in [3.05, 3.63) is 100 Å². The first-order chi connectivity index (χ1) is 16.4. The topological polar surface area (TPSA) is 67.6 Å². The average molecular weight is 522 g/mol. The number of benzene rings is 3. The van der Waals surface area contributed by atoms with Crippen molar-refractivity contribution in [1.29, 1.82) is 0 Å². The van der Waals surface area contributed by atoms with Gasteiger partial charge in [0.2, 0.25) is 0 Å². The number of carbonyl (C=O) groups is 1. The quantitative estimate of drug-likeness (QED) is 0.362. The summed E-state index contributed by atoms with van der Waals surface area (Å²) < 4.78 is 22.3. The van der Waals surface area contributed by atoms with Gasteiger partial charge >= 0.3 is 0 Å². The fourth-order valence-electron chi connectivity index (χ4n) is 4.13. The van der Waals surface area contributed by atoms with Crippen LogP contribution in [0.2, 0.25) is 0 Å². The van der Waals surface area contributed by atoms with Crippen molar-refractivity contribution in [1.82, 2.24) is 14.7 Å². The van der Waals surface area contributed by atoms with E-state index in [-0.39, 0.29) is 30.1 Å². The summed E-state index contributed by atoms with van der Waals surface area (Å²) in [6.45, 7) is 1.86. The molecule has 172 valence electrons. The van der Waals surface area contributed by atoms with E-state index >= 15 is 0 Å². The molecule has 3 aromatic carbocycles. The van der Waals surface area contributed by atoms with Crippen molar-refractivity contribution in [2.45, 2.75) is 19.2 Å². The highest BCUT2D eigenvalue weighted by molar-refractivity contribution is 9.10. The molecule has 2 atom stereocenters. The lowest BCUT2D eigenvalue weighted by Gasteiger charge is -2.29. The molecule has 5 rings (SSSR count). The zero-order valence-corrected chi connectivity index (χ0v) is 19.8. The molecular weight excluding hydrogens is 501 g/mol. The molecule has 8 heteroatoms. The second kappa shape index (κ2) is 9.04. The van der Waals surface area contributed by atoms with Crippen LogP contribution < -0.4 is 0 Å². The van der Waals surface area contributed by atoms with E-state index < -0.39 is 6.23 Å². The number of halogens is 2. The van der Waals surface area contributed by atoms with Gasteiger partial charge in [-0.3, -0.25) is 4.79 Å². The number of aromatic nitrogens is 2. The van der Waals surface area contributed by atoms with Crippen LogP contribution in [0.3, 0.4) is 0 Å². The van der Waals surface area contributed by atoms with E-state index in [4.69, 9.17) is 9.84 Å². The zero-order valence-electron chi connectivity index (χ0n) is 18.2. The second-order valence-corrected chi connectivity index (χ2v) is 9.01. The minimum atomic E-state index is -0.680. The molecule has 1 amide bonds. The minimum absolute atomic E-state index is 0.0561. The van der Waals surface area contributed by atoms with E-state index in [1.165, 1.54) is 12.1 Å². The Bertz CT molecular complexity index is 1320. The molecule has 0 bridgehead atoms. The highest BCUT2D eigenvalue weighted by Gasteiger charge is 2.39. The highest BCUT2D eigenvalue weighted by Crippen LogP contribution is 2.40. The van der Waals surface area contributed by atoms with Crippen LogP contribution in [0, 0.1) is 5.82 Å². The van der Waals surface area contributed by atoms with E-state index in [2.05, 4.69) is 15.9 Å². The van der Waals surface area contributed by atoms with Crippen LogP contribution in [-0.2, 0) is 9.53 Å². The van der Waals surface area contributed by atoms with Gasteiger partial charge in [-0.05, 0) is 73.2 Å². The number of phenolic OH excluding ortho intramolecular Hbond substituents is 1. The standard InChI is InChI=1S/C26H21BrFN3O3/c1-16(17-4-12-22(32)13-5-17)31-24(33)15-34-26(31)23-14-30(21-10-6-19(27)7-11-21)29-25(23)18-2-8-20(28)9-3-18/h2-14,16,26,32H,15H2,1H3. The largest absolute Gasteiger partial charge is 0.508 e. The summed E-state index contributed by atoms with van der Waals surface area (Å²) in [4.78, 5) is 14.6. The number of amides is 1. The first kappa shape index (κ1) is 22.3. The van der Waals surface area contributed by atoms with E-state index in [1.54, 1.807) is 46.0 Å². The zero-order chi connectivity index (χ0) is 23.8. The van der Waals surface area contributed by atoms with Gasteiger partial charge < -0.3 is 14.7 Å². The summed E-state index contributed by atoms with van der Waals surface area (Å²) in [5.74, 6) is -0.328. The SMILES string of the molecule is CC(c1ccc(O)cc1)N1C(=O)COC1c1cn(-c2ccc(Br)cc2)nc1-c1ccc(F)cc1. The molecular formula is C26H21BrFN3O3. The molecule has 2 heterocycles. The highest BCUT2D eigenvalue weighted by atomic mass is 79.9. The van der Waals surface area contributed by atoms with Crippen molar-refractivity contribution in [3.8, 4) is 22.7 Å². The van der Waals surface area contributed by atoms with Crippen LogP contribution in [0.1, 0.15) is 30.3 Å². The predicted molar refractivity (Wildman–Crippen MR) is 129 cm³/mol. The van der Waals surface area contributed by atoms with Crippen LogP contribution >= 0.6 is 15.9 Å². The molecule has 1 saturated heterocycles. The Hall–Kier alpha value is -3.49. The molecule has 4 aromatic rings. The Labute approximate surface area is 204 Å². The van der Waals surface area contributed by atoms with Crippen molar-refractivity contribution >= 4 is 21.8 Å². The van der Waals surface area contributed by atoms with Gasteiger partial charge in [0.25, 0.3) is 5.91 Å². The molecule has 0 saturated carbocycles. The summed E-state index contributed by atoms with van der Waals surface area (Å²) in [6, 6.07) is 20.2. The summed E-state index contributed by atoms with van der Waals surface area (Å²) >= 11 is 3.45. The number of phenols is 1. The monoisotopic (exact) mass is 521 g/mol. The van der Waals surface area contributed by atoms with E-state index in [9.17, 15) is 14.3 Å². The Kier molecular flexibility index (Phi) is 5.93. The van der Waals surface area contributed by atoms with E-state index in [0.29, 0.717) is 16.8 Å².